The van der Waals surface area contributed by atoms with E-state index in [1.165, 1.54) is 12.1 Å². The number of aryl methyl sites for hydroxylation is 2. The van der Waals surface area contributed by atoms with Crippen LogP contribution in [0.4, 0.5) is 5.88 Å². The summed E-state index contributed by atoms with van der Waals surface area (Å²) < 4.78 is 12.0. The fourth-order valence-electron chi connectivity index (χ4n) is 2.80. The molecule has 0 aliphatic carbocycles. The monoisotopic (exact) mass is 398 g/mol. The van der Waals surface area contributed by atoms with Crippen molar-refractivity contribution < 1.29 is 18.8 Å². The Balaban J connectivity index is 2.03. The van der Waals surface area contributed by atoms with Crippen molar-refractivity contribution in [2.75, 3.05) is 11.9 Å². The molecule has 0 bridgehead atoms. The van der Waals surface area contributed by atoms with Gasteiger partial charge in [-0.15, -0.1) is 0 Å². The van der Waals surface area contributed by atoms with E-state index in [1.54, 1.807) is 6.92 Å². The molecule has 154 valence electrons. The maximum atomic E-state index is 12.2. The van der Waals surface area contributed by atoms with Crippen LogP contribution in [0.25, 0.3) is 6.08 Å². The molecule has 1 N–H and O–H groups in total. The quantitative estimate of drug-likeness (QED) is 0.414. The normalized spacial score (nSPS) is 11.4. The molecule has 2 heterocycles. The third kappa shape index (κ3) is 6.07. The molecule has 2 aromatic rings. The van der Waals surface area contributed by atoms with E-state index < -0.39 is 18.5 Å². The molecule has 0 saturated heterocycles. The highest BCUT2D eigenvalue weighted by Gasteiger charge is 2.16. The molecule has 0 spiro atoms. The average Bonchev–Trinajstić information content (AvgIpc) is 3.18. The summed E-state index contributed by atoms with van der Waals surface area (Å²) in [5, 5.41) is 15.4. The van der Waals surface area contributed by atoms with Gasteiger partial charge in [-0.05, 0) is 50.8 Å². The van der Waals surface area contributed by atoms with Gasteiger partial charge in [-0.3, -0.25) is 10.1 Å². The number of amides is 1. The molecular weight excluding hydrogens is 372 g/mol. The summed E-state index contributed by atoms with van der Waals surface area (Å²) in [6, 6.07) is 5.32. The van der Waals surface area contributed by atoms with Gasteiger partial charge in [0.1, 0.15) is 11.6 Å². The van der Waals surface area contributed by atoms with Gasteiger partial charge in [-0.25, -0.2) is 4.79 Å². The van der Waals surface area contributed by atoms with E-state index in [1.807, 2.05) is 26.0 Å². The molecule has 0 radical (unpaired) electrons. The maximum Gasteiger partial charge on any atom is 0.349 e. The van der Waals surface area contributed by atoms with Gasteiger partial charge in [0.25, 0.3) is 5.91 Å². The van der Waals surface area contributed by atoms with Gasteiger partial charge >= 0.3 is 5.97 Å². The Hall–Kier alpha value is -3.34. The number of carbonyl (C=O) groups is 2. The first-order chi connectivity index (χ1) is 13.7. The SMILES string of the molecule is Cc1cc(NC(=O)COC(=O)C(C#N)=Cc2cc(C)n(CCC(C)C)c2C)on1. The van der Waals surface area contributed by atoms with E-state index >= 15 is 0 Å². The molecule has 2 rings (SSSR count). The molecule has 0 unspecified atom stereocenters. The number of hydrogen-bond acceptors (Lipinski definition) is 6. The second kappa shape index (κ2) is 9.73. The first kappa shape index (κ1) is 22.0. The molecule has 0 atom stereocenters. The number of aromatic nitrogens is 2. The Morgan fingerprint density at radius 2 is 2.07 bits per heavy atom. The summed E-state index contributed by atoms with van der Waals surface area (Å²) >= 11 is 0. The third-order valence-electron chi connectivity index (χ3n) is 4.41. The number of hydrogen-bond donors (Lipinski definition) is 1. The molecule has 0 saturated carbocycles. The van der Waals surface area contributed by atoms with Crippen molar-refractivity contribution in [3.05, 3.63) is 40.4 Å². The Bertz CT molecular complexity index is 960. The van der Waals surface area contributed by atoms with Gasteiger partial charge in [0.05, 0.1) is 5.69 Å². The first-order valence-corrected chi connectivity index (χ1v) is 9.40. The standard InChI is InChI=1S/C21H26N4O4/c1-13(2)6-7-25-15(4)9-17(16(25)5)10-18(11-22)21(27)28-12-19(26)23-20-8-14(3)24-29-20/h8-10,13H,6-7,12H2,1-5H3,(H,23,26). The average molecular weight is 398 g/mol. The fourth-order valence-corrected chi connectivity index (χ4v) is 2.80. The minimum Gasteiger partial charge on any atom is -0.451 e. The molecular formula is C21H26N4O4. The largest absolute Gasteiger partial charge is 0.451 e. The topological polar surface area (TPSA) is 110 Å². The van der Waals surface area contributed by atoms with Crippen molar-refractivity contribution in [1.82, 2.24) is 9.72 Å². The maximum absolute atomic E-state index is 12.2. The summed E-state index contributed by atoms with van der Waals surface area (Å²) in [5.41, 5.74) is 3.25. The van der Waals surface area contributed by atoms with Gasteiger partial charge in [0.2, 0.25) is 5.88 Å². The van der Waals surface area contributed by atoms with Crippen LogP contribution in [0, 0.1) is 38.0 Å². The third-order valence-corrected chi connectivity index (χ3v) is 4.41. The van der Waals surface area contributed by atoms with Gasteiger partial charge < -0.3 is 13.8 Å². The van der Waals surface area contributed by atoms with Crippen molar-refractivity contribution in [1.29, 1.82) is 5.26 Å². The molecule has 0 aromatic carbocycles. The molecule has 0 aliphatic rings. The van der Waals surface area contributed by atoms with Crippen LogP contribution in [0.2, 0.25) is 0 Å². The van der Waals surface area contributed by atoms with Crippen LogP contribution in [-0.2, 0) is 20.9 Å². The summed E-state index contributed by atoms with van der Waals surface area (Å²) in [6.45, 7) is 10.3. The molecule has 0 fully saturated rings. The summed E-state index contributed by atoms with van der Waals surface area (Å²) in [5.74, 6) is -0.706. The lowest BCUT2D eigenvalue weighted by atomic mass is 10.1. The number of ether oxygens (including phenoxy) is 1. The van der Waals surface area contributed by atoms with E-state index in [4.69, 9.17) is 9.26 Å². The first-order valence-electron chi connectivity index (χ1n) is 9.40. The summed E-state index contributed by atoms with van der Waals surface area (Å²) in [7, 11) is 0. The molecule has 0 aliphatic heterocycles. The second-order valence-electron chi connectivity index (χ2n) is 7.29. The number of rotatable bonds is 8. The van der Waals surface area contributed by atoms with Crippen LogP contribution >= 0.6 is 0 Å². The Morgan fingerprint density at radius 3 is 2.66 bits per heavy atom. The van der Waals surface area contributed by atoms with Crippen molar-refractivity contribution >= 4 is 23.8 Å². The van der Waals surface area contributed by atoms with E-state index in [-0.39, 0.29) is 11.5 Å². The van der Waals surface area contributed by atoms with Crippen LogP contribution in [-0.4, -0.2) is 28.2 Å². The summed E-state index contributed by atoms with van der Waals surface area (Å²) in [6.07, 6.45) is 2.53. The van der Waals surface area contributed by atoms with Crippen LogP contribution in [0.15, 0.2) is 22.2 Å². The predicted octanol–water partition coefficient (Wildman–Crippen LogP) is 3.54. The van der Waals surface area contributed by atoms with Gasteiger partial charge in [0, 0.05) is 24.0 Å². The Labute approximate surface area is 170 Å². The molecule has 1 amide bonds. The zero-order valence-electron chi connectivity index (χ0n) is 17.4. The zero-order valence-corrected chi connectivity index (χ0v) is 17.4. The number of esters is 1. The zero-order chi connectivity index (χ0) is 21.6. The van der Waals surface area contributed by atoms with Crippen LogP contribution in [0.1, 0.15) is 42.9 Å². The Kier molecular flexibility index (Phi) is 7.37. The smallest absolute Gasteiger partial charge is 0.349 e. The van der Waals surface area contributed by atoms with Gasteiger partial charge in [-0.1, -0.05) is 19.0 Å². The lowest BCUT2D eigenvalue weighted by molar-refractivity contribution is -0.142. The molecule has 29 heavy (non-hydrogen) atoms. The number of anilines is 1. The molecule has 2 aromatic heterocycles. The predicted molar refractivity (Wildman–Crippen MR) is 108 cm³/mol. The van der Waals surface area contributed by atoms with E-state index in [0.29, 0.717) is 11.6 Å². The van der Waals surface area contributed by atoms with Crippen LogP contribution < -0.4 is 5.32 Å². The number of nitrogens with zero attached hydrogens (tertiary/aromatic N) is 3. The fraction of sp³-hybridized carbons (Fsp3) is 0.429. The molecule has 8 heteroatoms. The minimum absolute atomic E-state index is 0.161. The lowest BCUT2D eigenvalue weighted by Crippen LogP contribution is -2.21. The highest BCUT2D eigenvalue weighted by Crippen LogP contribution is 2.20. The van der Waals surface area contributed by atoms with Gasteiger partial charge in [0.15, 0.2) is 6.61 Å². The Morgan fingerprint density at radius 1 is 1.34 bits per heavy atom. The summed E-state index contributed by atoms with van der Waals surface area (Å²) in [4.78, 5) is 24.1. The number of nitriles is 1. The lowest BCUT2D eigenvalue weighted by Gasteiger charge is -2.11. The highest BCUT2D eigenvalue weighted by atomic mass is 16.5. The van der Waals surface area contributed by atoms with Crippen molar-refractivity contribution in [3.8, 4) is 6.07 Å². The van der Waals surface area contributed by atoms with Crippen molar-refractivity contribution in [3.63, 3.8) is 0 Å². The number of carbonyl (C=O) groups excluding carboxylic acids is 2. The van der Waals surface area contributed by atoms with E-state index in [2.05, 4.69) is 28.9 Å². The van der Waals surface area contributed by atoms with Crippen LogP contribution in [0.3, 0.4) is 0 Å². The van der Waals surface area contributed by atoms with E-state index in [9.17, 15) is 14.9 Å². The minimum atomic E-state index is -0.858. The van der Waals surface area contributed by atoms with Gasteiger partial charge in [-0.2, -0.15) is 5.26 Å². The highest BCUT2D eigenvalue weighted by molar-refractivity contribution is 6.00. The van der Waals surface area contributed by atoms with Crippen molar-refractivity contribution in [2.45, 2.75) is 47.6 Å². The van der Waals surface area contributed by atoms with E-state index in [0.717, 1.165) is 29.9 Å². The molecule has 8 nitrogen and oxygen atoms in total. The van der Waals surface area contributed by atoms with Crippen LogP contribution in [0.5, 0.6) is 0 Å². The van der Waals surface area contributed by atoms with Crippen molar-refractivity contribution in [2.24, 2.45) is 5.92 Å². The number of nitrogens with one attached hydrogen (secondary N) is 1. The second-order valence-corrected chi connectivity index (χ2v) is 7.29.